The van der Waals surface area contributed by atoms with E-state index in [0.29, 0.717) is 12.8 Å². The summed E-state index contributed by atoms with van der Waals surface area (Å²) >= 11 is 0. The van der Waals surface area contributed by atoms with Gasteiger partial charge in [0.15, 0.2) is 6.10 Å². The molecule has 0 aromatic rings. The molecule has 0 fully saturated rings. The Labute approximate surface area is 421 Å². The molecule has 0 bridgehead atoms. The molecular weight excluding hydrogens is 841 g/mol. The Morgan fingerprint density at radius 2 is 0.574 bits per heavy atom. The van der Waals surface area contributed by atoms with Gasteiger partial charge in [0, 0.05) is 19.3 Å². The zero-order chi connectivity index (χ0) is 49.3. The van der Waals surface area contributed by atoms with Gasteiger partial charge in [-0.05, 0) is 83.5 Å². The fourth-order valence-electron chi connectivity index (χ4n) is 8.18. The molecule has 0 N–H and O–H groups in total. The van der Waals surface area contributed by atoms with Crippen LogP contribution in [0, 0.1) is 0 Å². The number of unbranched alkanes of at least 4 members (excludes halogenated alkanes) is 29. The molecule has 0 saturated carbocycles. The maximum Gasteiger partial charge on any atom is 0.306 e. The SMILES string of the molecule is CC/C=C\C/C=C\C/C=C\CCCCCC(=O)OCC(COC(=O)CCCCCCCCCCCCCCCCCCCCCCCCCC)OC(=O)CCCCC/C=C\C/C=C\C/C=C\CC. The zero-order valence-corrected chi connectivity index (χ0v) is 44.9. The molecule has 1 atom stereocenters. The lowest BCUT2D eigenvalue weighted by atomic mass is 10.0. The van der Waals surface area contributed by atoms with E-state index >= 15 is 0 Å². The second-order valence-corrected chi connectivity index (χ2v) is 19.1. The van der Waals surface area contributed by atoms with Crippen molar-refractivity contribution in [1.29, 1.82) is 0 Å². The van der Waals surface area contributed by atoms with E-state index in [4.69, 9.17) is 14.2 Å². The maximum atomic E-state index is 12.8. The highest BCUT2D eigenvalue weighted by molar-refractivity contribution is 5.71. The molecule has 392 valence electrons. The molecule has 68 heavy (non-hydrogen) atoms. The minimum atomic E-state index is -0.801. The van der Waals surface area contributed by atoms with Gasteiger partial charge in [0.25, 0.3) is 0 Å². The van der Waals surface area contributed by atoms with Crippen molar-refractivity contribution in [2.45, 2.75) is 290 Å². The van der Waals surface area contributed by atoms with Crippen LogP contribution in [-0.4, -0.2) is 37.2 Å². The van der Waals surface area contributed by atoms with Gasteiger partial charge in [-0.1, -0.05) is 254 Å². The van der Waals surface area contributed by atoms with Crippen LogP contribution in [0.15, 0.2) is 72.9 Å². The summed E-state index contributed by atoms with van der Waals surface area (Å²) in [6.07, 6.45) is 72.0. The van der Waals surface area contributed by atoms with E-state index in [0.717, 1.165) is 109 Å². The molecule has 0 radical (unpaired) electrons. The van der Waals surface area contributed by atoms with E-state index < -0.39 is 6.10 Å². The Balaban J connectivity index is 4.27. The largest absolute Gasteiger partial charge is 0.462 e. The normalized spacial score (nSPS) is 12.6. The summed E-state index contributed by atoms with van der Waals surface area (Å²) < 4.78 is 16.8. The van der Waals surface area contributed by atoms with Crippen molar-refractivity contribution >= 4 is 17.9 Å². The molecule has 0 heterocycles. The molecule has 0 aromatic carbocycles. The summed E-state index contributed by atoms with van der Waals surface area (Å²) in [5.74, 6) is -0.948. The van der Waals surface area contributed by atoms with Gasteiger partial charge in [-0.3, -0.25) is 14.4 Å². The average Bonchev–Trinajstić information content (AvgIpc) is 3.34. The molecule has 6 nitrogen and oxygen atoms in total. The minimum absolute atomic E-state index is 0.0949. The Morgan fingerprint density at radius 1 is 0.309 bits per heavy atom. The highest BCUT2D eigenvalue weighted by atomic mass is 16.6. The van der Waals surface area contributed by atoms with Crippen LogP contribution in [-0.2, 0) is 28.6 Å². The Kier molecular flexibility index (Phi) is 53.8. The minimum Gasteiger partial charge on any atom is -0.462 e. The van der Waals surface area contributed by atoms with E-state index in [1.807, 2.05) is 0 Å². The number of carbonyl (C=O) groups is 3. The van der Waals surface area contributed by atoms with E-state index in [1.54, 1.807) is 0 Å². The predicted octanol–water partition coefficient (Wildman–Crippen LogP) is 19.4. The summed E-state index contributed by atoms with van der Waals surface area (Å²) in [5.41, 5.74) is 0. The van der Waals surface area contributed by atoms with E-state index in [9.17, 15) is 14.4 Å². The van der Waals surface area contributed by atoms with Crippen molar-refractivity contribution in [3.05, 3.63) is 72.9 Å². The first-order valence-electron chi connectivity index (χ1n) is 28.9. The predicted molar refractivity (Wildman–Crippen MR) is 293 cm³/mol. The lowest BCUT2D eigenvalue weighted by Gasteiger charge is -2.18. The molecule has 1 unspecified atom stereocenters. The third-order valence-corrected chi connectivity index (χ3v) is 12.5. The fraction of sp³-hybridized carbons (Fsp3) is 0.758. The molecule has 0 rings (SSSR count). The highest BCUT2D eigenvalue weighted by Crippen LogP contribution is 2.17. The quantitative estimate of drug-likeness (QED) is 0.0262. The van der Waals surface area contributed by atoms with Crippen molar-refractivity contribution in [2.24, 2.45) is 0 Å². The average molecular weight is 950 g/mol. The molecule has 0 spiro atoms. The van der Waals surface area contributed by atoms with Crippen molar-refractivity contribution in [3.63, 3.8) is 0 Å². The molecule has 0 amide bonds. The molecule has 0 aliphatic carbocycles. The molecule has 0 aliphatic heterocycles. The number of rotatable bonds is 52. The number of ether oxygens (including phenoxy) is 3. The van der Waals surface area contributed by atoms with Crippen molar-refractivity contribution in [2.75, 3.05) is 13.2 Å². The van der Waals surface area contributed by atoms with Gasteiger partial charge in [-0.2, -0.15) is 0 Å². The van der Waals surface area contributed by atoms with Gasteiger partial charge in [0.05, 0.1) is 0 Å². The van der Waals surface area contributed by atoms with Crippen LogP contribution in [0.2, 0.25) is 0 Å². The molecule has 0 saturated heterocycles. The molecule has 6 heteroatoms. The summed E-state index contributed by atoms with van der Waals surface area (Å²) in [5, 5.41) is 0. The van der Waals surface area contributed by atoms with Crippen molar-refractivity contribution < 1.29 is 28.6 Å². The lowest BCUT2D eigenvalue weighted by molar-refractivity contribution is -0.167. The molecular formula is C62H108O6. The third-order valence-electron chi connectivity index (χ3n) is 12.5. The van der Waals surface area contributed by atoms with E-state index in [2.05, 4.69) is 93.7 Å². The van der Waals surface area contributed by atoms with Gasteiger partial charge in [0.2, 0.25) is 0 Å². The summed E-state index contributed by atoms with van der Waals surface area (Å²) in [6, 6.07) is 0. The Hall–Kier alpha value is -3.15. The number of hydrogen-bond donors (Lipinski definition) is 0. The highest BCUT2D eigenvalue weighted by Gasteiger charge is 2.19. The van der Waals surface area contributed by atoms with Gasteiger partial charge < -0.3 is 14.2 Å². The van der Waals surface area contributed by atoms with Crippen molar-refractivity contribution in [1.82, 2.24) is 0 Å². The fourth-order valence-corrected chi connectivity index (χ4v) is 8.18. The first-order valence-corrected chi connectivity index (χ1v) is 28.9. The summed E-state index contributed by atoms with van der Waals surface area (Å²) in [7, 11) is 0. The Bertz CT molecular complexity index is 1270. The third kappa shape index (κ3) is 53.8. The van der Waals surface area contributed by atoms with Crippen LogP contribution >= 0.6 is 0 Å². The van der Waals surface area contributed by atoms with Crippen molar-refractivity contribution in [3.8, 4) is 0 Å². The summed E-state index contributed by atoms with van der Waals surface area (Å²) in [6.45, 7) is 6.38. The van der Waals surface area contributed by atoms with Crippen LogP contribution in [0.1, 0.15) is 284 Å². The van der Waals surface area contributed by atoms with Crippen LogP contribution in [0.5, 0.6) is 0 Å². The van der Waals surface area contributed by atoms with Gasteiger partial charge >= 0.3 is 17.9 Å². The second-order valence-electron chi connectivity index (χ2n) is 19.1. The smallest absolute Gasteiger partial charge is 0.306 e. The second kappa shape index (κ2) is 56.4. The molecule has 0 aromatic heterocycles. The zero-order valence-electron chi connectivity index (χ0n) is 44.9. The van der Waals surface area contributed by atoms with Crippen LogP contribution in [0.4, 0.5) is 0 Å². The summed E-state index contributed by atoms with van der Waals surface area (Å²) in [4.78, 5) is 38.1. The first kappa shape index (κ1) is 64.8. The molecule has 0 aliphatic rings. The van der Waals surface area contributed by atoms with E-state index in [-0.39, 0.29) is 37.5 Å². The Morgan fingerprint density at radius 3 is 0.897 bits per heavy atom. The topological polar surface area (TPSA) is 78.9 Å². The van der Waals surface area contributed by atoms with Gasteiger partial charge in [0.1, 0.15) is 13.2 Å². The van der Waals surface area contributed by atoms with Gasteiger partial charge in [-0.15, -0.1) is 0 Å². The maximum absolute atomic E-state index is 12.8. The van der Waals surface area contributed by atoms with Crippen LogP contribution in [0.3, 0.4) is 0 Å². The standard InChI is InChI=1S/C62H108O6/c1-4-7-10-13-16-19-22-25-26-27-28-29-30-31-32-33-34-35-38-40-43-46-49-52-55-61(64)67-58-59(68-62(65)56-53-50-47-44-41-37-24-21-18-15-12-9-6-3)57-66-60(63)54-51-48-45-42-39-36-23-20-17-14-11-8-5-2/h8-9,11-12,17-18,20-21,36-37,39,41,59H,4-7,10,13-16,19,22-35,38,40,42-58H2,1-3H3/b11-8-,12-9-,20-17-,21-18-,39-36-,41-37-. The number of allylic oxidation sites excluding steroid dienone is 12. The number of esters is 3. The first-order chi connectivity index (χ1) is 33.5. The van der Waals surface area contributed by atoms with Crippen LogP contribution in [0.25, 0.3) is 0 Å². The van der Waals surface area contributed by atoms with Gasteiger partial charge in [-0.25, -0.2) is 0 Å². The number of carbonyl (C=O) groups excluding carboxylic acids is 3. The van der Waals surface area contributed by atoms with Crippen LogP contribution < -0.4 is 0 Å². The lowest BCUT2D eigenvalue weighted by Crippen LogP contribution is -2.30. The number of hydrogen-bond acceptors (Lipinski definition) is 6. The van der Waals surface area contributed by atoms with E-state index in [1.165, 1.54) is 135 Å². The monoisotopic (exact) mass is 949 g/mol.